The Kier molecular flexibility index (Phi) is 2.19. The highest BCUT2D eigenvalue weighted by atomic mass is 16.3. The van der Waals surface area contributed by atoms with Gasteiger partial charge in [0.15, 0.2) is 0 Å². The van der Waals surface area contributed by atoms with Crippen LogP contribution in [0.4, 0.5) is 0 Å². The molecule has 0 aliphatic heterocycles. The molecular weight excluding hydrogens is 174 g/mol. The molecule has 0 saturated heterocycles. The van der Waals surface area contributed by atoms with Gasteiger partial charge in [0, 0.05) is 11.8 Å². The third-order valence-electron chi connectivity index (χ3n) is 2.16. The number of benzene rings is 1. The summed E-state index contributed by atoms with van der Waals surface area (Å²) < 4.78 is 0. The fourth-order valence-corrected chi connectivity index (χ4v) is 1.41. The largest absolute Gasteiger partial charge is 0.508 e. The van der Waals surface area contributed by atoms with E-state index in [1.54, 1.807) is 18.3 Å². The van der Waals surface area contributed by atoms with E-state index >= 15 is 0 Å². The molecule has 1 N–H and O–H groups in total. The Bertz CT molecular complexity index is 437. The van der Waals surface area contributed by atoms with E-state index in [2.05, 4.69) is 4.98 Å². The minimum atomic E-state index is 0.274. The number of hydrogen-bond acceptors (Lipinski definition) is 2. The quantitative estimate of drug-likeness (QED) is 0.741. The molecule has 2 heteroatoms. The number of rotatable bonds is 1. The number of aromatic nitrogens is 1. The van der Waals surface area contributed by atoms with Crippen LogP contribution in [0.5, 0.6) is 5.75 Å². The van der Waals surface area contributed by atoms with Gasteiger partial charge in [0.1, 0.15) is 5.75 Å². The summed E-state index contributed by atoms with van der Waals surface area (Å²) >= 11 is 0. The summed E-state index contributed by atoms with van der Waals surface area (Å²) in [5.74, 6) is 0.274. The van der Waals surface area contributed by atoms with E-state index in [9.17, 15) is 5.11 Å². The minimum absolute atomic E-state index is 0.274. The first kappa shape index (κ1) is 8.75. The molecule has 0 bridgehead atoms. The SMILES string of the molecule is Cc1ccc(O)cc1-c1ccccn1. The van der Waals surface area contributed by atoms with Gasteiger partial charge in [-0.1, -0.05) is 12.1 Å². The third kappa shape index (κ3) is 1.59. The van der Waals surface area contributed by atoms with Crippen molar-refractivity contribution in [1.82, 2.24) is 4.98 Å². The van der Waals surface area contributed by atoms with Crippen molar-refractivity contribution < 1.29 is 5.11 Å². The lowest BCUT2D eigenvalue weighted by atomic mass is 10.1. The molecule has 2 nitrogen and oxygen atoms in total. The molecule has 0 saturated carbocycles. The van der Waals surface area contributed by atoms with Crippen LogP contribution >= 0.6 is 0 Å². The molecule has 0 amide bonds. The maximum absolute atomic E-state index is 9.37. The van der Waals surface area contributed by atoms with Gasteiger partial charge in [-0.15, -0.1) is 0 Å². The van der Waals surface area contributed by atoms with E-state index < -0.39 is 0 Å². The van der Waals surface area contributed by atoms with Gasteiger partial charge in [-0.3, -0.25) is 4.98 Å². The van der Waals surface area contributed by atoms with Gasteiger partial charge in [0.25, 0.3) is 0 Å². The van der Waals surface area contributed by atoms with Crippen molar-refractivity contribution in [3.05, 3.63) is 48.2 Å². The van der Waals surface area contributed by atoms with Gasteiger partial charge in [-0.25, -0.2) is 0 Å². The van der Waals surface area contributed by atoms with Crippen LogP contribution < -0.4 is 0 Å². The number of phenols is 1. The zero-order valence-electron chi connectivity index (χ0n) is 7.94. The Morgan fingerprint density at radius 3 is 2.71 bits per heavy atom. The molecule has 0 aliphatic rings. The zero-order valence-corrected chi connectivity index (χ0v) is 7.94. The summed E-state index contributed by atoms with van der Waals surface area (Å²) in [4.78, 5) is 4.24. The minimum Gasteiger partial charge on any atom is -0.508 e. The molecule has 0 atom stereocenters. The predicted octanol–water partition coefficient (Wildman–Crippen LogP) is 2.76. The van der Waals surface area contributed by atoms with Gasteiger partial charge >= 0.3 is 0 Å². The highest BCUT2D eigenvalue weighted by molar-refractivity contribution is 5.64. The highest BCUT2D eigenvalue weighted by Crippen LogP contribution is 2.24. The van der Waals surface area contributed by atoms with Gasteiger partial charge in [-0.2, -0.15) is 0 Å². The van der Waals surface area contributed by atoms with Crippen molar-refractivity contribution in [1.29, 1.82) is 0 Å². The highest BCUT2D eigenvalue weighted by Gasteiger charge is 2.02. The standard InChI is InChI=1S/C12H11NO/c1-9-5-6-10(14)8-11(9)12-4-2-3-7-13-12/h2-8,14H,1H3. The van der Waals surface area contributed by atoms with Gasteiger partial charge in [0.2, 0.25) is 0 Å². The Balaban J connectivity index is 2.57. The lowest BCUT2D eigenvalue weighted by Crippen LogP contribution is -1.85. The Labute approximate surface area is 82.9 Å². The van der Waals surface area contributed by atoms with Crippen LogP contribution in [0.2, 0.25) is 0 Å². The molecule has 1 heterocycles. The summed E-state index contributed by atoms with van der Waals surface area (Å²) in [6.07, 6.45) is 1.75. The monoisotopic (exact) mass is 185 g/mol. The van der Waals surface area contributed by atoms with E-state index in [1.807, 2.05) is 31.2 Å². The summed E-state index contributed by atoms with van der Waals surface area (Å²) in [6, 6.07) is 11.0. The zero-order chi connectivity index (χ0) is 9.97. The first-order valence-electron chi connectivity index (χ1n) is 4.48. The second-order valence-corrected chi connectivity index (χ2v) is 3.21. The van der Waals surface area contributed by atoms with Crippen LogP contribution in [0.15, 0.2) is 42.6 Å². The lowest BCUT2D eigenvalue weighted by Gasteiger charge is -2.04. The van der Waals surface area contributed by atoms with E-state index in [0.29, 0.717) is 0 Å². The van der Waals surface area contributed by atoms with Crippen LogP contribution in [0.1, 0.15) is 5.56 Å². The maximum Gasteiger partial charge on any atom is 0.116 e. The fourth-order valence-electron chi connectivity index (χ4n) is 1.41. The predicted molar refractivity (Wildman–Crippen MR) is 56.1 cm³/mol. The van der Waals surface area contributed by atoms with Gasteiger partial charge in [-0.05, 0) is 36.8 Å². The fraction of sp³-hybridized carbons (Fsp3) is 0.0833. The topological polar surface area (TPSA) is 33.1 Å². The maximum atomic E-state index is 9.37. The van der Waals surface area contributed by atoms with Crippen molar-refractivity contribution in [3.63, 3.8) is 0 Å². The Hall–Kier alpha value is -1.83. The number of phenolic OH excluding ortho intramolecular Hbond substituents is 1. The normalized spacial score (nSPS) is 10.1. The molecule has 1 aromatic heterocycles. The number of hydrogen-bond donors (Lipinski definition) is 1. The Morgan fingerprint density at radius 2 is 2.00 bits per heavy atom. The van der Waals surface area contributed by atoms with Crippen LogP contribution in [0, 0.1) is 6.92 Å². The molecule has 0 spiro atoms. The lowest BCUT2D eigenvalue weighted by molar-refractivity contribution is 0.475. The number of pyridine rings is 1. The van der Waals surface area contributed by atoms with Crippen LogP contribution in [0.25, 0.3) is 11.3 Å². The summed E-state index contributed by atoms with van der Waals surface area (Å²) in [5, 5.41) is 9.37. The second kappa shape index (κ2) is 3.50. The van der Waals surface area contributed by atoms with Crippen molar-refractivity contribution >= 4 is 0 Å². The molecule has 0 unspecified atom stereocenters. The van der Waals surface area contributed by atoms with E-state index in [4.69, 9.17) is 0 Å². The first-order valence-corrected chi connectivity index (χ1v) is 4.48. The first-order chi connectivity index (χ1) is 6.77. The molecule has 0 aliphatic carbocycles. The molecule has 2 aromatic rings. The molecule has 1 aromatic carbocycles. The summed E-state index contributed by atoms with van der Waals surface area (Å²) in [7, 11) is 0. The van der Waals surface area contributed by atoms with E-state index in [1.165, 1.54) is 0 Å². The molecule has 70 valence electrons. The summed E-state index contributed by atoms with van der Waals surface area (Å²) in [6.45, 7) is 2.00. The average Bonchev–Trinajstić information content (AvgIpc) is 2.23. The van der Waals surface area contributed by atoms with Crippen molar-refractivity contribution in [2.75, 3.05) is 0 Å². The molecule has 2 rings (SSSR count). The summed E-state index contributed by atoms with van der Waals surface area (Å²) in [5.41, 5.74) is 2.98. The second-order valence-electron chi connectivity index (χ2n) is 3.21. The Morgan fingerprint density at radius 1 is 1.14 bits per heavy atom. The van der Waals surface area contributed by atoms with Crippen LogP contribution in [0.3, 0.4) is 0 Å². The molecule has 0 fully saturated rings. The van der Waals surface area contributed by atoms with E-state index in [-0.39, 0.29) is 5.75 Å². The number of nitrogens with zero attached hydrogens (tertiary/aromatic N) is 1. The van der Waals surface area contributed by atoms with Gasteiger partial charge in [0.05, 0.1) is 5.69 Å². The van der Waals surface area contributed by atoms with Crippen molar-refractivity contribution in [3.8, 4) is 17.0 Å². The van der Waals surface area contributed by atoms with Crippen molar-refractivity contribution in [2.24, 2.45) is 0 Å². The smallest absolute Gasteiger partial charge is 0.116 e. The molecule has 0 radical (unpaired) electrons. The molecular formula is C12H11NO. The van der Waals surface area contributed by atoms with Crippen LogP contribution in [-0.2, 0) is 0 Å². The third-order valence-corrected chi connectivity index (χ3v) is 2.16. The van der Waals surface area contributed by atoms with Gasteiger partial charge < -0.3 is 5.11 Å². The number of aryl methyl sites for hydroxylation is 1. The number of aromatic hydroxyl groups is 1. The van der Waals surface area contributed by atoms with Crippen LogP contribution in [-0.4, -0.2) is 10.1 Å². The van der Waals surface area contributed by atoms with Crippen molar-refractivity contribution in [2.45, 2.75) is 6.92 Å². The van der Waals surface area contributed by atoms with E-state index in [0.717, 1.165) is 16.8 Å². The molecule has 14 heavy (non-hydrogen) atoms. The average molecular weight is 185 g/mol.